The Balaban J connectivity index is 1.71. The molecule has 0 unspecified atom stereocenters. The van der Waals surface area contributed by atoms with E-state index in [1.165, 1.54) is 18.2 Å². The predicted molar refractivity (Wildman–Crippen MR) is 93.7 cm³/mol. The number of nitrogens with zero attached hydrogens (tertiary/aromatic N) is 2. The number of rotatable bonds is 2. The summed E-state index contributed by atoms with van der Waals surface area (Å²) in [5, 5.41) is 0. The number of carbonyl (C=O) groups excluding carboxylic acids is 2. The van der Waals surface area contributed by atoms with Gasteiger partial charge in [-0.2, -0.15) is 0 Å². The number of fused-ring (bicyclic) bond motifs is 1. The summed E-state index contributed by atoms with van der Waals surface area (Å²) in [4.78, 5) is 28.6. The van der Waals surface area contributed by atoms with Gasteiger partial charge in [0.1, 0.15) is 11.8 Å². The fraction of sp³-hybridized carbons (Fsp3) is 0.579. The first-order valence-electron chi connectivity index (χ1n) is 8.93. The van der Waals surface area contributed by atoms with Gasteiger partial charge >= 0.3 is 6.09 Å². The van der Waals surface area contributed by atoms with Gasteiger partial charge in [0.2, 0.25) is 5.91 Å². The van der Waals surface area contributed by atoms with E-state index in [1.807, 2.05) is 11.0 Å². The minimum absolute atomic E-state index is 0.0462. The minimum atomic E-state index is -0.402. The molecule has 0 aromatic heterocycles. The van der Waals surface area contributed by atoms with E-state index in [1.54, 1.807) is 12.0 Å². The molecule has 0 N–H and O–H groups in total. The first kappa shape index (κ1) is 17.6. The van der Waals surface area contributed by atoms with Crippen molar-refractivity contribution in [3.8, 4) is 5.75 Å². The monoisotopic (exact) mass is 346 g/mol. The predicted octanol–water partition coefficient (Wildman–Crippen LogP) is 2.24. The Morgan fingerprint density at radius 3 is 2.52 bits per heavy atom. The van der Waals surface area contributed by atoms with Crippen LogP contribution >= 0.6 is 0 Å². The Kier molecular flexibility index (Phi) is 5.46. The van der Waals surface area contributed by atoms with Crippen LogP contribution < -0.4 is 4.74 Å². The maximum absolute atomic E-state index is 13.1. The smallest absolute Gasteiger partial charge is 0.410 e. The normalized spacial score (nSPS) is 20.5. The molecule has 6 heteroatoms. The number of hydrogen-bond acceptors (Lipinski definition) is 4. The molecular formula is C19H26N2O4. The van der Waals surface area contributed by atoms with Gasteiger partial charge in [0, 0.05) is 19.6 Å². The molecule has 0 spiro atoms. The van der Waals surface area contributed by atoms with Crippen LogP contribution in [0, 0.1) is 0 Å². The molecule has 1 saturated heterocycles. The van der Waals surface area contributed by atoms with Gasteiger partial charge in [-0.3, -0.25) is 9.69 Å². The number of benzene rings is 1. The Morgan fingerprint density at radius 1 is 1.04 bits per heavy atom. The second-order valence-corrected chi connectivity index (χ2v) is 6.63. The largest absolute Gasteiger partial charge is 0.497 e. The summed E-state index contributed by atoms with van der Waals surface area (Å²) in [5.74, 6) is 0.896. The topological polar surface area (TPSA) is 59.1 Å². The van der Waals surface area contributed by atoms with Crippen molar-refractivity contribution in [3.05, 3.63) is 29.3 Å². The molecule has 136 valence electrons. The van der Waals surface area contributed by atoms with E-state index in [9.17, 15) is 9.59 Å². The molecule has 6 nitrogen and oxygen atoms in total. The zero-order valence-corrected chi connectivity index (χ0v) is 15.0. The van der Waals surface area contributed by atoms with Crippen molar-refractivity contribution < 1.29 is 19.1 Å². The Morgan fingerprint density at radius 2 is 1.80 bits per heavy atom. The van der Waals surface area contributed by atoms with Gasteiger partial charge in [0.15, 0.2) is 0 Å². The van der Waals surface area contributed by atoms with E-state index in [-0.39, 0.29) is 5.91 Å². The number of piperidine rings is 1. The van der Waals surface area contributed by atoms with Crippen LogP contribution in [0.1, 0.15) is 30.4 Å². The van der Waals surface area contributed by atoms with Crippen LogP contribution in [0.3, 0.4) is 0 Å². The summed E-state index contributed by atoms with van der Waals surface area (Å²) in [6.07, 6.45) is 3.84. The molecule has 1 aromatic rings. The first-order chi connectivity index (χ1) is 12.1. The van der Waals surface area contributed by atoms with Crippen LogP contribution in [0.2, 0.25) is 0 Å². The number of hydrogen-bond donors (Lipinski definition) is 0. The Hall–Kier alpha value is -2.24. The van der Waals surface area contributed by atoms with Crippen molar-refractivity contribution >= 4 is 12.0 Å². The van der Waals surface area contributed by atoms with Gasteiger partial charge in [-0.15, -0.1) is 0 Å². The lowest BCUT2D eigenvalue weighted by molar-refractivity contribution is -0.137. The number of carbonyl (C=O) groups is 2. The molecular weight excluding hydrogens is 320 g/mol. The van der Waals surface area contributed by atoms with E-state index < -0.39 is 12.1 Å². The van der Waals surface area contributed by atoms with Crippen molar-refractivity contribution in [1.29, 1.82) is 0 Å². The highest BCUT2D eigenvalue weighted by atomic mass is 16.5. The molecule has 1 fully saturated rings. The Labute approximate surface area is 148 Å². The van der Waals surface area contributed by atoms with Crippen LogP contribution in [0.25, 0.3) is 0 Å². The first-order valence-corrected chi connectivity index (χ1v) is 8.93. The zero-order valence-electron chi connectivity index (χ0n) is 15.0. The molecule has 3 rings (SSSR count). The molecule has 0 saturated carbocycles. The van der Waals surface area contributed by atoms with Crippen LogP contribution in [0.15, 0.2) is 18.2 Å². The van der Waals surface area contributed by atoms with Crippen molar-refractivity contribution in [3.63, 3.8) is 0 Å². The van der Waals surface area contributed by atoms with Crippen LogP contribution in [0.4, 0.5) is 4.79 Å². The number of amides is 2. The summed E-state index contributed by atoms with van der Waals surface area (Å²) in [6, 6.07) is 5.72. The van der Waals surface area contributed by atoms with E-state index in [4.69, 9.17) is 9.47 Å². The van der Waals surface area contributed by atoms with Crippen molar-refractivity contribution in [1.82, 2.24) is 9.80 Å². The lowest BCUT2D eigenvalue weighted by Gasteiger charge is -2.36. The van der Waals surface area contributed by atoms with Crippen molar-refractivity contribution in [2.75, 3.05) is 33.9 Å². The fourth-order valence-corrected chi connectivity index (χ4v) is 3.78. The Bertz CT molecular complexity index is 646. The van der Waals surface area contributed by atoms with Gasteiger partial charge < -0.3 is 14.4 Å². The van der Waals surface area contributed by atoms with E-state index in [0.29, 0.717) is 26.1 Å². The lowest BCUT2D eigenvalue weighted by atomic mass is 10.0. The van der Waals surface area contributed by atoms with Gasteiger partial charge in [-0.25, -0.2) is 4.79 Å². The molecule has 25 heavy (non-hydrogen) atoms. The third-order valence-corrected chi connectivity index (χ3v) is 5.22. The third kappa shape index (κ3) is 3.72. The second-order valence-electron chi connectivity index (χ2n) is 6.63. The molecule has 2 amide bonds. The highest BCUT2D eigenvalue weighted by molar-refractivity contribution is 5.86. The van der Waals surface area contributed by atoms with Crippen molar-refractivity contribution in [2.45, 2.75) is 38.1 Å². The van der Waals surface area contributed by atoms with Gasteiger partial charge in [-0.1, -0.05) is 6.07 Å². The number of likely N-dealkylation sites (tertiary alicyclic amines) is 1. The molecule has 2 aliphatic rings. The van der Waals surface area contributed by atoms with Crippen LogP contribution in [-0.4, -0.2) is 61.7 Å². The van der Waals surface area contributed by atoms with Crippen LogP contribution in [0.5, 0.6) is 5.75 Å². The van der Waals surface area contributed by atoms with Gasteiger partial charge in [0.05, 0.1) is 14.2 Å². The van der Waals surface area contributed by atoms with E-state index >= 15 is 0 Å². The van der Waals surface area contributed by atoms with Crippen molar-refractivity contribution in [2.24, 2.45) is 0 Å². The number of methoxy groups -OCH3 is 2. The SMILES string of the molecule is COC(=O)N1CCCC[C@H]1C(=O)N1CCc2ccc(OC)cc2CC1. The average Bonchev–Trinajstić information content (AvgIpc) is 2.88. The average molecular weight is 346 g/mol. The third-order valence-electron chi connectivity index (χ3n) is 5.22. The highest BCUT2D eigenvalue weighted by Gasteiger charge is 2.35. The molecule has 1 aromatic carbocycles. The van der Waals surface area contributed by atoms with E-state index in [0.717, 1.165) is 31.4 Å². The molecule has 0 aliphatic carbocycles. The molecule has 0 bridgehead atoms. The van der Waals surface area contributed by atoms with Gasteiger partial charge in [0.25, 0.3) is 0 Å². The summed E-state index contributed by atoms with van der Waals surface area (Å²) in [7, 11) is 3.03. The zero-order chi connectivity index (χ0) is 17.8. The maximum atomic E-state index is 13.1. The van der Waals surface area contributed by atoms with Gasteiger partial charge in [-0.05, 0) is 55.4 Å². The molecule has 2 heterocycles. The minimum Gasteiger partial charge on any atom is -0.497 e. The summed E-state index contributed by atoms with van der Waals surface area (Å²) < 4.78 is 10.2. The molecule has 2 aliphatic heterocycles. The summed E-state index contributed by atoms with van der Waals surface area (Å²) in [6.45, 7) is 1.95. The second kappa shape index (κ2) is 7.76. The van der Waals surface area contributed by atoms with E-state index in [2.05, 4.69) is 12.1 Å². The number of ether oxygens (including phenoxy) is 2. The molecule has 1 atom stereocenters. The molecule has 0 radical (unpaired) electrons. The van der Waals surface area contributed by atoms with Crippen LogP contribution in [-0.2, 0) is 22.4 Å². The maximum Gasteiger partial charge on any atom is 0.410 e. The standard InChI is InChI=1S/C19H26N2O4/c1-24-16-7-6-14-8-11-20(12-9-15(14)13-16)18(22)17-5-3-4-10-21(17)19(23)25-2/h6-7,13,17H,3-5,8-12H2,1-2H3/t17-/m0/s1. The quantitative estimate of drug-likeness (QED) is 0.824. The summed E-state index contributed by atoms with van der Waals surface area (Å²) >= 11 is 0. The highest BCUT2D eigenvalue weighted by Crippen LogP contribution is 2.24. The lowest BCUT2D eigenvalue weighted by Crippen LogP contribution is -2.53. The summed E-state index contributed by atoms with van der Waals surface area (Å²) in [5.41, 5.74) is 2.51. The fourth-order valence-electron chi connectivity index (χ4n) is 3.78.